The molecule has 0 unspecified atom stereocenters. The Morgan fingerprint density at radius 1 is 1.08 bits per heavy atom. The molecule has 0 atom stereocenters. The number of aromatic nitrogens is 4. The number of tetrazole rings is 1. The zero-order valence-electron chi connectivity index (χ0n) is 12.7. The quantitative estimate of drug-likeness (QED) is 0.786. The monoisotopic (exact) mass is 347 g/mol. The molecule has 1 amide bonds. The highest BCUT2D eigenvalue weighted by atomic mass is 19.4. The molecule has 1 heterocycles. The van der Waals surface area contributed by atoms with Crippen molar-refractivity contribution < 1.29 is 18.0 Å². The van der Waals surface area contributed by atoms with Gasteiger partial charge < -0.3 is 5.73 Å². The van der Waals surface area contributed by atoms with Crippen molar-refractivity contribution in [1.29, 1.82) is 0 Å². The molecular formula is C16H12F3N5O. The lowest BCUT2D eigenvalue weighted by Gasteiger charge is -2.11. The molecule has 2 aromatic carbocycles. The van der Waals surface area contributed by atoms with Crippen molar-refractivity contribution in [1.82, 2.24) is 20.2 Å². The van der Waals surface area contributed by atoms with Crippen molar-refractivity contribution >= 4 is 5.91 Å². The lowest BCUT2D eigenvalue weighted by molar-refractivity contribution is -0.138. The zero-order chi connectivity index (χ0) is 18.0. The lowest BCUT2D eigenvalue weighted by Crippen LogP contribution is -2.13. The molecule has 0 aliphatic carbocycles. The second-order valence-electron chi connectivity index (χ2n) is 5.24. The summed E-state index contributed by atoms with van der Waals surface area (Å²) in [6, 6.07) is 11.4. The van der Waals surface area contributed by atoms with Crippen LogP contribution in [0.25, 0.3) is 11.4 Å². The molecule has 0 spiro atoms. The minimum Gasteiger partial charge on any atom is -0.366 e. The standard InChI is InChI=1S/C16H12F3N5O/c17-16(18,19)13-4-2-1-3-12(13)9-24-22-15(21-23-24)11-7-5-10(6-8-11)14(20)25/h1-8H,9H2,(H2,20,25). The summed E-state index contributed by atoms with van der Waals surface area (Å²) in [7, 11) is 0. The number of hydrogen-bond acceptors (Lipinski definition) is 4. The van der Waals surface area contributed by atoms with Crippen LogP contribution in [-0.4, -0.2) is 26.1 Å². The molecule has 128 valence electrons. The number of benzene rings is 2. The highest BCUT2D eigenvalue weighted by Crippen LogP contribution is 2.32. The Labute approximate surface area is 140 Å². The van der Waals surface area contributed by atoms with Crippen LogP contribution >= 0.6 is 0 Å². The third-order valence-corrected chi connectivity index (χ3v) is 3.51. The number of alkyl halides is 3. The van der Waals surface area contributed by atoms with E-state index in [1.54, 1.807) is 12.1 Å². The van der Waals surface area contributed by atoms with E-state index in [0.29, 0.717) is 11.1 Å². The van der Waals surface area contributed by atoms with E-state index < -0.39 is 17.6 Å². The molecule has 6 nitrogen and oxygen atoms in total. The van der Waals surface area contributed by atoms with Crippen LogP contribution in [0.2, 0.25) is 0 Å². The van der Waals surface area contributed by atoms with Gasteiger partial charge in [-0.25, -0.2) is 0 Å². The number of amides is 1. The minimum atomic E-state index is -4.45. The molecule has 0 aliphatic rings. The van der Waals surface area contributed by atoms with Crippen LogP contribution in [-0.2, 0) is 12.7 Å². The Bertz CT molecular complexity index is 903. The van der Waals surface area contributed by atoms with E-state index in [9.17, 15) is 18.0 Å². The average molecular weight is 347 g/mol. The molecule has 3 aromatic rings. The van der Waals surface area contributed by atoms with Gasteiger partial charge in [0.2, 0.25) is 11.7 Å². The summed E-state index contributed by atoms with van der Waals surface area (Å²) in [6.07, 6.45) is -4.45. The number of nitrogens with zero attached hydrogens (tertiary/aromatic N) is 4. The molecule has 2 N–H and O–H groups in total. The number of primary amides is 1. The summed E-state index contributed by atoms with van der Waals surface area (Å²) < 4.78 is 39.1. The molecular weight excluding hydrogens is 335 g/mol. The number of carbonyl (C=O) groups excluding carboxylic acids is 1. The van der Waals surface area contributed by atoms with Gasteiger partial charge in [0.25, 0.3) is 0 Å². The third-order valence-electron chi connectivity index (χ3n) is 3.51. The fourth-order valence-corrected chi connectivity index (χ4v) is 2.30. The van der Waals surface area contributed by atoms with Gasteiger partial charge in [0.1, 0.15) is 0 Å². The highest BCUT2D eigenvalue weighted by molar-refractivity contribution is 5.93. The first-order chi connectivity index (χ1) is 11.8. The van der Waals surface area contributed by atoms with Gasteiger partial charge in [0.15, 0.2) is 0 Å². The maximum absolute atomic E-state index is 13.0. The number of rotatable bonds is 4. The summed E-state index contributed by atoms with van der Waals surface area (Å²) in [5.74, 6) is -0.326. The second-order valence-corrected chi connectivity index (χ2v) is 5.24. The highest BCUT2D eigenvalue weighted by Gasteiger charge is 2.33. The average Bonchev–Trinajstić information content (AvgIpc) is 3.03. The summed E-state index contributed by atoms with van der Waals surface area (Å²) in [6.45, 7) is -0.165. The van der Waals surface area contributed by atoms with E-state index >= 15 is 0 Å². The van der Waals surface area contributed by atoms with Crippen LogP contribution < -0.4 is 5.73 Å². The Kier molecular flexibility index (Phi) is 4.22. The van der Waals surface area contributed by atoms with Gasteiger partial charge in [-0.15, -0.1) is 10.2 Å². The Balaban J connectivity index is 1.84. The Hall–Kier alpha value is -3.23. The molecule has 0 fully saturated rings. The minimum absolute atomic E-state index is 0.0445. The van der Waals surface area contributed by atoms with Crippen molar-refractivity contribution in [3.63, 3.8) is 0 Å². The molecule has 0 saturated heterocycles. The van der Waals surface area contributed by atoms with Crippen LogP contribution in [0.5, 0.6) is 0 Å². The molecule has 0 bridgehead atoms. The number of nitrogens with two attached hydrogens (primary N) is 1. The molecule has 25 heavy (non-hydrogen) atoms. The van der Waals surface area contributed by atoms with Crippen molar-refractivity contribution in [2.45, 2.75) is 12.7 Å². The van der Waals surface area contributed by atoms with Crippen molar-refractivity contribution in [3.8, 4) is 11.4 Å². The summed E-state index contributed by atoms with van der Waals surface area (Å²) in [5, 5.41) is 11.7. The van der Waals surface area contributed by atoms with E-state index in [-0.39, 0.29) is 17.9 Å². The molecule has 3 rings (SSSR count). The second kappa shape index (κ2) is 6.34. The largest absolute Gasteiger partial charge is 0.416 e. The van der Waals surface area contributed by atoms with E-state index in [1.165, 1.54) is 30.3 Å². The van der Waals surface area contributed by atoms with Gasteiger partial charge >= 0.3 is 6.18 Å². The maximum Gasteiger partial charge on any atom is 0.416 e. The predicted octanol–water partition coefficient (Wildman–Crippen LogP) is 2.51. The predicted molar refractivity (Wildman–Crippen MR) is 82.3 cm³/mol. The van der Waals surface area contributed by atoms with Gasteiger partial charge in [-0.2, -0.15) is 18.0 Å². The first-order valence-electron chi connectivity index (χ1n) is 7.18. The van der Waals surface area contributed by atoms with Gasteiger partial charge in [0.05, 0.1) is 12.1 Å². The SMILES string of the molecule is NC(=O)c1ccc(-c2nnn(Cc3ccccc3C(F)(F)F)n2)cc1. The van der Waals surface area contributed by atoms with Crippen LogP contribution in [0.15, 0.2) is 48.5 Å². The van der Waals surface area contributed by atoms with Gasteiger partial charge in [-0.1, -0.05) is 30.3 Å². The molecule has 1 aromatic heterocycles. The zero-order valence-corrected chi connectivity index (χ0v) is 12.7. The number of hydrogen-bond donors (Lipinski definition) is 1. The Morgan fingerprint density at radius 3 is 2.40 bits per heavy atom. The summed E-state index contributed by atoms with van der Waals surface area (Å²) >= 11 is 0. The first kappa shape index (κ1) is 16.6. The summed E-state index contributed by atoms with van der Waals surface area (Å²) in [5.41, 5.74) is 5.37. The first-order valence-corrected chi connectivity index (χ1v) is 7.18. The van der Waals surface area contributed by atoms with Gasteiger partial charge in [-0.3, -0.25) is 4.79 Å². The maximum atomic E-state index is 13.0. The number of halogens is 3. The van der Waals surface area contributed by atoms with Gasteiger partial charge in [0, 0.05) is 11.1 Å². The fourth-order valence-electron chi connectivity index (χ4n) is 2.30. The topological polar surface area (TPSA) is 86.7 Å². The normalized spacial score (nSPS) is 11.5. The van der Waals surface area contributed by atoms with Crippen LogP contribution in [0.1, 0.15) is 21.5 Å². The molecule has 0 radical (unpaired) electrons. The van der Waals surface area contributed by atoms with Crippen LogP contribution in [0, 0.1) is 0 Å². The van der Waals surface area contributed by atoms with Crippen molar-refractivity contribution in [2.75, 3.05) is 0 Å². The molecule has 0 aliphatic heterocycles. The Morgan fingerprint density at radius 2 is 1.76 bits per heavy atom. The number of carbonyl (C=O) groups is 1. The van der Waals surface area contributed by atoms with Crippen molar-refractivity contribution in [3.05, 3.63) is 65.2 Å². The van der Waals surface area contributed by atoms with Crippen LogP contribution in [0.4, 0.5) is 13.2 Å². The molecule has 0 saturated carbocycles. The fraction of sp³-hybridized carbons (Fsp3) is 0.125. The lowest BCUT2D eigenvalue weighted by atomic mass is 10.1. The third kappa shape index (κ3) is 3.65. The van der Waals surface area contributed by atoms with E-state index in [0.717, 1.165) is 10.9 Å². The van der Waals surface area contributed by atoms with E-state index in [1.807, 2.05) is 0 Å². The van der Waals surface area contributed by atoms with Crippen molar-refractivity contribution in [2.24, 2.45) is 5.73 Å². The van der Waals surface area contributed by atoms with Gasteiger partial charge in [-0.05, 0) is 29.0 Å². The van der Waals surface area contributed by atoms with E-state index in [2.05, 4.69) is 15.4 Å². The summed E-state index contributed by atoms with van der Waals surface area (Å²) in [4.78, 5) is 12.1. The molecule has 9 heteroatoms. The van der Waals surface area contributed by atoms with Crippen LogP contribution in [0.3, 0.4) is 0 Å². The smallest absolute Gasteiger partial charge is 0.366 e. The van der Waals surface area contributed by atoms with E-state index in [4.69, 9.17) is 5.73 Å².